The van der Waals surface area contributed by atoms with Crippen LogP contribution in [0.2, 0.25) is 5.02 Å². The Bertz CT molecular complexity index is 1010. The van der Waals surface area contributed by atoms with Crippen LogP contribution >= 0.6 is 11.6 Å². The molecule has 1 aliphatic rings. The molecule has 0 unspecified atom stereocenters. The van der Waals surface area contributed by atoms with Crippen molar-refractivity contribution in [2.45, 2.75) is 27.2 Å². The molecule has 0 fully saturated rings. The molecule has 3 rings (SSSR count). The van der Waals surface area contributed by atoms with E-state index in [0.29, 0.717) is 22.1 Å². The Kier molecular flexibility index (Phi) is 6.57. The van der Waals surface area contributed by atoms with E-state index in [1.54, 1.807) is 38.1 Å². The van der Waals surface area contributed by atoms with E-state index in [1.165, 1.54) is 4.90 Å². The van der Waals surface area contributed by atoms with Crippen LogP contribution in [-0.2, 0) is 19.1 Å². The van der Waals surface area contributed by atoms with E-state index < -0.39 is 17.8 Å². The van der Waals surface area contributed by atoms with Gasteiger partial charge in [0.1, 0.15) is 0 Å². The number of rotatable bonds is 5. The molecule has 1 N–H and O–H groups in total. The zero-order valence-corrected chi connectivity index (χ0v) is 17.8. The molecule has 1 atom stereocenters. The number of esters is 1. The van der Waals surface area contributed by atoms with Crippen LogP contribution in [0.5, 0.6) is 0 Å². The van der Waals surface area contributed by atoms with Crippen molar-refractivity contribution in [1.82, 2.24) is 0 Å². The van der Waals surface area contributed by atoms with Crippen molar-refractivity contribution >= 4 is 40.8 Å². The molecule has 0 spiro atoms. The average Bonchev–Trinajstić information content (AvgIpc) is 2.69. The number of allylic oxidation sites excluding steroid dienone is 1. The Balaban J connectivity index is 2.00. The molecule has 0 radical (unpaired) electrons. The van der Waals surface area contributed by atoms with Gasteiger partial charge in [0.25, 0.3) is 0 Å². The van der Waals surface area contributed by atoms with E-state index in [9.17, 15) is 14.4 Å². The Morgan fingerprint density at radius 3 is 2.50 bits per heavy atom. The highest BCUT2D eigenvalue weighted by Gasteiger charge is 2.40. The van der Waals surface area contributed by atoms with E-state index in [4.69, 9.17) is 16.3 Å². The fourth-order valence-electron chi connectivity index (χ4n) is 3.48. The number of anilines is 2. The molecule has 0 saturated heterocycles. The zero-order chi connectivity index (χ0) is 21.8. The third-order valence-corrected chi connectivity index (χ3v) is 5.13. The number of amides is 2. The van der Waals surface area contributed by atoms with Gasteiger partial charge in [0.15, 0.2) is 0 Å². The van der Waals surface area contributed by atoms with E-state index in [2.05, 4.69) is 5.32 Å². The molecule has 1 aliphatic heterocycles. The molecule has 2 amide bonds. The lowest BCUT2D eigenvalue weighted by Gasteiger charge is -2.33. The maximum Gasteiger partial charge on any atom is 0.336 e. The second-order valence-electron chi connectivity index (χ2n) is 7.04. The van der Waals surface area contributed by atoms with Gasteiger partial charge in [-0.3, -0.25) is 14.5 Å². The Hall–Kier alpha value is -3.12. The number of hydrogen-bond acceptors (Lipinski definition) is 4. The summed E-state index contributed by atoms with van der Waals surface area (Å²) >= 11 is 5.98. The van der Waals surface area contributed by atoms with Crippen LogP contribution in [0.15, 0.2) is 59.8 Å². The van der Waals surface area contributed by atoms with Gasteiger partial charge in [-0.15, -0.1) is 0 Å². The minimum Gasteiger partial charge on any atom is -0.463 e. The molecule has 0 aliphatic carbocycles. The molecule has 1 heterocycles. The smallest absolute Gasteiger partial charge is 0.336 e. The van der Waals surface area contributed by atoms with E-state index >= 15 is 0 Å². The van der Waals surface area contributed by atoms with Gasteiger partial charge in [-0.05, 0) is 51.1 Å². The molecule has 30 heavy (non-hydrogen) atoms. The van der Waals surface area contributed by atoms with Crippen LogP contribution in [-0.4, -0.2) is 24.4 Å². The van der Waals surface area contributed by atoms with Gasteiger partial charge in [-0.2, -0.15) is 0 Å². The Morgan fingerprint density at radius 2 is 1.87 bits per heavy atom. The molecule has 0 bridgehead atoms. The molecule has 0 aromatic heterocycles. The number of nitrogens with one attached hydrogen (secondary N) is 1. The number of aryl methyl sites for hydroxylation is 1. The standard InChI is InChI=1S/C23H23ClN2O4/c1-4-30-23(29)21-15(3)26(18-10-8-14(2)9-11-18)20(27)13-19(21)22(28)25-17-7-5-6-16(24)12-17/h5-12,19H,4,13H2,1-3H3,(H,25,28)/t19-/m0/s1. The third-order valence-electron chi connectivity index (χ3n) is 4.90. The maximum atomic E-state index is 13.0. The zero-order valence-electron chi connectivity index (χ0n) is 17.1. The molecule has 2 aromatic rings. The number of hydrogen-bond donors (Lipinski definition) is 1. The summed E-state index contributed by atoms with van der Waals surface area (Å²) in [6.07, 6.45) is -0.147. The number of ether oxygens (including phenoxy) is 1. The van der Waals surface area contributed by atoms with Crippen molar-refractivity contribution in [2.24, 2.45) is 5.92 Å². The average molecular weight is 427 g/mol. The summed E-state index contributed by atoms with van der Waals surface area (Å²) in [7, 11) is 0. The predicted octanol–water partition coefficient (Wildman–Crippen LogP) is 4.48. The summed E-state index contributed by atoms with van der Waals surface area (Å²) in [5.41, 5.74) is 2.74. The van der Waals surface area contributed by atoms with E-state index in [0.717, 1.165) is 5.56 Å². The quantitative estimate of drug-likeness (QED) is 0.715. The first kappa shape index (κ1) is 21.6. The summed E-state index contributed by atoms with van der Waals surface area (Å²) in [6.45, 7) is 5.46. The summed E-state index contributed by atoms with van der Waals surface area (Å²) in [5, 5.41) is 3.21. The Morgan fingerprint density at radius 1 is 1.17 bits per heavy atom. The van der Waals surface area contributed by atoms with Gasteiger partial charge in [0.2, 0.25) is 11.8 Å². The van der Waals surface area contributed by atoms with Gasteiger partial charge < -0.3 is 10.1 Å². The van der Waals surface area contributed by atoms with Crippen LogP contribution < -0.4 is 10.2 Å². The number of halogens is 1. The van der Waals surface area contributed by atoms with Gasteiger partial charge in [-0.1, -0.05) is 35.4 Å². The minimum atomic E-state index is -0.961. The van der Waals surface area contributed by atoms with Crippen molar-refractivity contribution in [2.75, 3.05) is 16.8 Å². The molecule has 0 saturated carbocycles. The lowest BCUT2D eigenvalue weighted by atomic mass is 9.88. The minimum absolute atomic E-state index is 0.147. The molecular weight excluding hydrogens is 404 g/mol. The van der Waals surface area contributed by atoms with Crippen molar-refractivity contribution < 1.29 is 19.1 Å². The number of carbonyl (C=O) groups excluding carboxylic acids is 3. The third kappa shape index (κ3) is 4.54. The first-order valence-corrected chi connectivity index (χ1v) is 10.0. The van der Waals surface area contributed by atoms with Crippen LogP contribution in [0.4, 0.5) is 11.4 Å². The van der Waals surface area contributed by atoms with Gasteiger partial charge in [-0.25, -0.2) is 4.79 Å². The topological polar surface area (TPSA) is 75.7 Å². The second-order valence-corrected chi connectivity index (χ2v) is 7.48. The highest BCUT2D eigenvalue weighted by Crippen LogP contribution is 2.34. The normalized spacial score (nSPS) is 16.5. The monoisotopic (exact) mass is 426 g/mol. The molecule has 6 nitrogen and oxygen atoms in total. The van der Waals surface area contributed by atoms with Crippen molar-refractivity contribution in [3.05, 3.63) is 70.4 Å². The molecular formula is C23H23ClN2O4. The van der Waals surface area contributed by atoms with Crippen LogP contribution in [0, 0.1) is 12.8 Å². The number of carbonyl (C=O) groups is 3. The lowest BCUT2D eigenvalue weighted by Crippen LogP contribution is -2.43. The van der Waals surface area contributed by atoms with Crippen molar-refractivity contribution in [3.8, 4) is 0 Å². The van der Waals surface area contributed by atoms with E-state index in [1.807, 2.05) is 31.2 Å². The number of nitrogens with zero attached hydrogens (tertiary/aromatic N) is 1. The second kappa shape index (κ2) is 9.13. The van der Waals surface area contributed by atoms with Gasteiger partial charge in [0.05, 0.1) is 18.1 Å². The van der Waals surface area contributed by atoms with Crippen LogP contribution in [0.3, 0.4) is 0 Å². The predicted molar refractivity (Wildman–Crippen MR) is 116 cm³/mol. The highest BCUT2D eigenvalue weighted by molar-refractivity contribution is 6.31. The summed E-state index contributed by atoms with van der Waals surface area (Å²) in [4.78, 5) is 40.2. The SMILES string of the molecule is CCOC(=O)C1=C(C)N(c2ccc(C)cc2)C(=O)C[C@@H]1C(=O)Nc1cccc(Cl)c1. The first-order valence-electron chi connectivity index (χ1n) is 9.65. The van der Waals surface area contributed by atoms with Crippen molar-refractivity contribution in [3.63, 3.8) is 0 Å². The summed E-state index contributed by atoms with van der Waals surface area (Å²) < 4.78 is 5.20. The van der Waals surface area contributed by atoms with E-state index in [-0.39, 0.29) is 24.5 Å². The highest BCUT2D eigenvalue weighted by atomic mass is 35.5. The molecule has 156 valence electrons. The van der Waals surface area contributed by atoms with Crippen LogP contribution in [0.25, 0.3) is 0 Å². The summed E-state index contributed by atoms with van der Waals surface area (Å²) in [6, 6.07) is 14.1. The first-order chi connectivity index (χ1) is 14.3. The van der Waals surface area contributed by atoms with Crippen molar-refractivity contribution in [1.29, 1.82) is 0 Å². The van der Waals surface area contributed by atoms with Gasteiger partial charge >= 0.3 is 5.97 Å². The maximum absolute atomic E-state index is 13.0. The fraction of sp³-hybridized carbons (Fsp3) is 0.261. The Labute approximate surface area is 180 Å². The number of benzene rings is 2. The lowest BCUT2D eigenvalue weighted by molar-refractivity contribution is -0.141. The van der Waals surface area contributed by atoms with Crippen LogP contribution in [0.1, 0.15) is 25.8 Å². The fourth-order valence-corrected chi connectivity index (χ4v) is 3.67. The van der Waals surface area contributed by atoms with Gasteiger partial charge in [0, 0.05) is 28.5 Å². The molecule has 2 aromatic carbocycles. The summed E-state index contributed by atoms with van der Waals surface area (Å²) in [5.74, 6) is -2.30. The largest absolute Gasteiger partial charge is 0.463 e. The molecule has 7 heteroatoms.